The van der Waals surface area contributed by atoms with Crippen LogP contribution in [-0.4, -0.2) is 12.6 Å². The molecule has 0 bridgehead atoms. The molecule has 0 aliphatic carbocycles. The molecule has 16 heavy (non-hydrogen) atoms. The van der Waals surface area contributed by atoms with Crippen LogP contribution >= 0.6 is 11.6 Å². The Bertz CT molecular complexity index is 318. The van der Waals surface area contributed by atoms with Crippen molar-refractivity contribution < 1.29 is 0 Å². The molecule has 0 aromatic heterocycles. The van der Waals surface area contributed by atoms with Gasteiger partial charge in [-0.15, -0.1) is 0 Å². The van der Waals surface area contributed by atoms with Gasteiger partial charge in [-0.3, -0.25) is 0 Å². The molecule has 1 aliphatic rings. The molecule has 0 saturated carbocycles. The number of hydrogen-bond donors (Lipinski definition) is 1. The summed E-state index contributed by atoms with van der Waals surface area (Å²) in [5, 5.41) is 4.50. The van der Waals surface area contributed by atoms with E-state index in [0.717, 1.165) is 17.5 Å². The van der Waals surface area contributed by atoms with Gasteiger partial charge in [0.2, 0.25) is 0 Å². The molecule has 1 saturated heterocycles. The van der Waals surface area contributed by atoms with Crippen LogP contribution in [0.25, 0.3) is 0 Å². The van der Waals surface area contributed by atoms with E-state index in [0.29, 0.717) is 0 Å². The lowest BCUT2D eigenvalue weighted by molar-refractivity contribution is 0.376. The van der Waals surface area contributed by atoms with Crippen molar-refractivity contribution in [3.8, 4) is 0 Å². The smallest absolute Gasteiger partial charge is 0.0437 e. The Hall–Kier alpha value is -0.530. The van der Waals surface area contributed by atoms with Gasteiger partial charge in [0.25, 0.3) is 0 Å². The average Bonchev–Trinajstić information content (AvgIpc) is 2.33. The highest BCUT2D eigenvalue weighted by atomic mass is 35.5. The van der Waals surface area contributed by atoms with Crippen LogP contribution in [0.1, 0.15) is 37.7 Å². The number of halogens is 1. The Morgan fingerprint density at radius 1 is 1.25 bits per heavy atom. The first kappa shape index (κ1) is 11.9. The van der Waals surface area contributed by atoms with Gasteiger partial charge >= 0.3 is 0 Å². The molecule has 88 valence electrons. The van der Waals surface area contributed by atoms with Crippen LogP contribution < -0.4 is 5.32 Å². The minimum Gasteiger partial charge on any atom is -0.314 e. The summed E-state index contributed by atoms with van der Waals surface area (Å²) in [6.07, 6.45) is 7.72. The maximum absolute atomic E-state index is 6.13. The molecule has 1 atom stereocenters. The fraction of sp³-hybridized carbons (Fsp3) is 0.571. The number of piperidine rings is 1. The summed E-state index contributed by atoms with van der Waals surface area (Å²) >= 11 is 6.13. The zero-order valence-electron chi connectivity index (χ0n) is 9.71. The standard InChI is InChI=1S/C14H20ClN/c15-14-10-2-1-6-12(14)7-5-9-13-8-3-4-11-16-13/h1-2,6,10,13,16H,3-5,7-9,11H2. The Kier molecular flexibility index (Phi) is 4.68. The van der Waals surface area contributed by atoms with Gasteiger partial charge in [-0.25, -0.2) is 0 Å². The fourth-order valence-electron chi connectivity index (χ4n) is 2.41. The predicted molar refractivity (Wildman–Crippen MR) is 70.0 cm³/mol. The third-order valence-corrected chi connectivity index (χ3v) is 3.74. The number of rotatable bonds is 4. The molecule has 2 rings (SSSR count). The lowest BCUT2D eigenvalue weighted by Crippen LogP contribution is -2.33. The van der Waals surface area contributed by atoms with Crippen LogP contribution in [-0.2, 0) is 6.42 Å². The predicted octanol–water partition coefficient (Wildman–Crippen LogP) is 3.80. The van der Waals surface area contributed by atoms with E-state index >= 15 is 0 Å². The van der Waals surface area contributed by atoms with Crippen molar-refractivity contribution in [2.45, 2.75) is 44.6 Å². The zero-order chi connectivity index (χ0) is 11.2. The van der Waals surface area contributed by atoms with Crippen molar-refractivity contribution in [1.29, 1.82) is 0 Å². The minimum atomic E-state index is 0.747. The second-order valence-electron chi connectivity index (χ2n) is 4.63. The Labute approximate surface area is 103 Å². The van der Waals surface area contributed by atoms with Crippen molar-refractivity contribution in [3.63, 3.8) is 0 Å². The van der Waals surface area contributed by atoms with Crippen molar-refractivity contribution in [2.75, 3.05) is 6.54 Å². The quantitative estimate of drug-likeness (QED) is 0.840. The van der Waals surface area contributed by atoms with Crippen molar-refractivity contribution in [2.24, 2.45) is 0 Å². The van der Waals surface area contributed by atoms with Crippen molar-refractivity contribution in [1.82, 2.24) is 5.32 Å². The van der Waals surface area contributed by atoms with E-state index in [2.05, 4.69) is 17.4 Å². The molecular formula is C14H20ClN. The molecule has 1 aromatic rings. The molecule has 1 N–H and O–H groups in total. The fourth-order valence-corrected chi connectivity index (χ4v) is 2.64. The normalized spacial score (nSPS) is 20.9. The van der Waals surface area contributed by atoms with Crippen molar-refractivity contribution in [3.05, 3.63) is 34.9 Å². The highest BCUT2D eigenvalue weighted by Gasteiger charge is 2.11. The van der Waals surface area contributed by atoms with Gasteiger partial charge in [0.1, 0.15) is 0 Å². The van der Waals surface area contributed by atoms with Gasteiger partial charge in [0, 0.05) is 11.1 Å². The number of benzene rings is 1. The molecule has 0 spiro atoms. The first-order valence-corrected chi connectivity index (χ1v) is 6.71. The molecule has 0 amide bonds. The molecule has 1 heterocycles. The summed E-state index contributed by atoms with van der Waals surface area (Å²) in [6, 6.07) is 8.93. The lowest BCUT2D eigenvalue weighted by Gasteiger charge is -2.23. The van der Waals surface area contributed by atoms with Gasteiger partial charge in [0.05, 0.1) is 0 Å². The number of aryl methyl sites for hydroxylation is 1. The van der Waals surface area contributed by atoms with E-state index in [1.165, 1.54) is 44.2 Å². The van der Waals surface area contributed by atoms with Crippen LogP contribution in [0.15, 0.2) is 24.3 Å². The number of nitrogens with one attached hydrogen (secondary N) is 1. The molecule has 1 unspecified atom stereocenters. The molecule has 0 radical (unpaired) electrons. The molecule has 1 fully saturated rings. The zero-order valence-corrected chi connectivity index (χ0v) is 10.5. The van der Waals surface area contributed by atoms with E-state index in [4.69, 9.17) is 11.6 Å². The van der Waals surface area contributed by atoms with Gasteiger partial charge in [-0.2, -0.15) is 0 Å². The Morgan fingerprint density at radius 2 is 2.12 bits per heavy atom. The largest absolute Gasteiger partial charge is 0.314 e. The molecule has 1 aliphatic heterocycles. The van der Waals surface area contributed by atoms with E-state index < -0.39 is 0 Å². The lowest BCUT2D eigenvalue weighted by atomic mass is 9.98. The van der Waals surface area contributed by atoms with Gasteiger partial charge in [0.15, 0.2) is 0 Å². The highest BCUT2D eigenvalue weighted by molar-refractivity contribution is 6.31. The summed E-state index contributed by atoms with van der Waals surface area (Å²) in [6.45, 7) is 1.21. The maximum atomic E-state index is 6.13. The monoisotopic (exact) mass is 237 g/mol. The van der Waals surface area contributed by atoms with Crippen LogP contribution in [0.4, 0.5) is 0 Å². The van der Waals surface area contributed by atoms with Gasteiger partial charge in [-0.05, 0) is 50.3 Å². The van der Waals surface area contributed by atoms with Crippen molar-refractivity contribution >= 4 is 11.6 Å². The molecule has 1 nitrogen and oxygen atoms in total. The molecular weight excluding hydrogens is 218 g/mol. The van der Waals surface area contributed by atoms with E-state index in [9.17, 15) is 0 Å². The van der Waals surface area contributed by atoms with Gasteiger partial charge in [-0.1, -0.05) is 36.2 Å². The van der Waals surface area contributed by atoms with Crippen LogP contribution in [0.2, 0.25) is 5.02 Å². The van der Waals surface area contributed by atoms with Gasteiger partial charge < -0.3 is 5.32 Å². The summed E-state index contributed by atoms with van der Waals surface area (Å²) in [4.78, 5) is 0. The van der Waals surface area contributed by atoms with Crippen LogP contribution in [0.3, 0.4) is 0 Å². The SMILES string of the molecule is Clc1ccccc1CCCC1CCCCN1. The van der Waals surface area contributed by atoms with E-state index in [1.54, 1.807) is 0 Å². The third-order valence-electron chi connectivity index (χ3n) is 3.37. The summed E-state index contributed by atoms with van der Waals surface area (Å²) in [7, 11) is 0. The first-order valence-electron chi connectivity index (χ1n) is 6.33. The maximum Gasteiger partial charge on any atom is 0.0437 e. The summed E-state index contributed by atoms with van der Waals surface area (Å²) < 4.78 is 0. The molecule has 2 heteroatoms. The second-order valence-corrected chi connectivity index (χ2v) is 5.04. The van der Waals surface area contributed by atoms with E-state index in [1.807, 2.05) is 12.1 Å². The summed E-state index contributed by atoms with van der Waals surface area (Å²) in [5.74, 6) is 0. The van der Waals surface area contributed by atoms with E-state index in [-0.39, 0.29) is 0 Å². The summed E-state index contributed by atoms with van der Waals surface area (Å²) in [5.41, 5.74) is 1.29. The van der Waals surface area contributed by atoms with Crippen LogP contribution in [0.5, 0.6) is 0 Å². The van der Waals surface area contributed by atoms with Crippen LogP contribution in [0, 0.1) is 0 Å². The second kappa shape index (κ2) is 6.27. The average molecular weight is 238 g/mol. The molecule has 1 aromatic carbocycles. The number of hydrogen-bond acceptors (Lipinski definition) is 1. The first-order chi connectivity index (χ1) is 7.86. The Morgan fingerprint density at radius 3 is 2.88 bits per heavy atom. The Balaban J connectivity index is 1.73. The minimum absolute atomic E-state index is 0.747. The topological polar surface area (TPSA) is 12.0 Å². The highest BCUT2D eigenvalue weighted by Crippen LogP contribution is 2.19. The third kappa shape index (κ3) is 3.50.